The van der Waals surface area contributed by atoms with Gasteiger partial charge in [0.05, 0.1) is 19.8 Å². The third-order valence-electron chi connectivity index (χ3n) is 3.80. The molecule has 2 fully saturated rings. The number of amides is 1. The largest absolute Gasteiger partial charge is 0.378 e. The van der Waals surface area contributed by atoms with Crippen LogP contribution in [0.5, 0.6) is 0 Å². The van der Waals surface area contributed by atoms with Gasteiger partial charge in [-0.1, -0.05) is 19.3 Å². The molecule has 1 saturated heterocycles. The maximum atomic E-state index is 11.8. The van der Waals surface area contributed by atoms with E-state index in [0.29, 0.717) is 19.8 Å². The normalized spacial score (nSPS) is 22.7. The molecule has 0 unspecified atom stereocenters. The Balaban J connectivity index is 1.58. The van der Waals surface area contributed by atoms with Crippen LogP contribution >= 0.6 is 0 Å². The molecule has 2 aliphatic rings. The minimum absolute atomic E-state index is 0.226. The predicted octanol–water partition coefficient (Wildman–Crippen LogP) is 1.02. The Bertz CT molecular complexity index is 234. The van der Waals surface area contributed by atoms with Crippen molar-refractivity contribution >= 4 is 5.91 Å². The first-order chi connectivity index (χ1) is 8.36. The van der Waals surface area contributed by atoms with Gasteiger partial charge >= 0.3 is 0 Å². The molecule has 0 spiro atoms. The number of hydrogen-bond donors (Lipinski definition) is 1. The van der Waals surface area contributed by atoms with Crippen molar-refractivity contribution in [2.75, 3.05) is 39.4 Å². The molecule has 1 saturated carbocycles. The number of ether oxygens (including phenoxy) is 1. The van der Waals surface area contributed by atoms with Crippen LogP contribution in [0.3, 0.4) is 0 Å². The van der Waals surface area contributed by atoms with E-state index in [0.717, 1.165) is 25.6 Å². The fourth-order valence-corrected chi connectivity index (χ4v) is 2.70. The van der Waals surface area contributed by atoms with Gasteiger partial charge < -0.3 is 15.0 Å². The SMILES string of the molecule is O=C(CNCC1CCCCC1)N1CCOCC1. The van der Waals surface area contributed by atoms with Gasteiger partial charge in [0.1, 0.15) is 0 Å². The van der Waals surface area contributed by atoms with Crippen LogP contribution in [0.4, 0.5) is 0 Å². The lowest BCUT2D eigenvalue weighted by atomic mass is 9.89. The Labute approximate surface area is 104 Å². The van der Waals surface area contributed by atoms with Gasteiger partial charge in [-0.05, 0) is 25.3 Å². The molecule has 4 heteroatoms. The highest BCUT2D eigenvalue weighted by molar-refractivity contribution is 5.78. The Hall–Kier alpha value is -0.610. The molecule has 0 atom stereocenters. The molecule has 0 radical (unpaired) electrons. The maximum Gasteiger partial charge on any atom is 0.236 e. The number of rotatable bonds is 4. The lowest BCUT2D eigenvalue weighted by molar-refractivity contribution is -0.134. The van der Waals surface area contributed by atoms with Crippen LogP contribution in [-0.4, -0.2) is 50.2 Å². The van der Waals surface area contributed by atoms with Gasteiger partial charge in [0.25, 0.3) is 0 Å². The van der Waals surface area contributed by atoms with Gasteiger partial charge in [0.2, 0.25) is 5.91 Å². The number of nitrogens with zero attached hydrogens (tertiary/aromatic N) is 1. The fourth-order valence-electron chi connectivity index (χ4n) is 2.70. The van der Waals surface area contributed by atoms with Crippen LogP contribution in [0.1, 0.15) is 32.1 Å². The van der Waals surface area contributed by atoms with Crippen LogP contribution in [0.2, 0.25) is 0 Å². The summed E-state index contributed by atoms with van der Waals surface area (Å²) in [5.74, 6) is 1.02. The van der Waals surface area contributed by atoms with Gasteiger partial charge in [-0.25, -0.2) is 0 Å². The van der Waals surface area contributed by atoms with E-state index in [-0.39, 0.29) is 5.91 Å². The van der Waals surface area contributed by atoms with Crippen molar-refractivity contribution in [3.63, 3.8) is 0 Å². The summed E-state index contributed by atoms with van der Waals surface area (Å²) in [6.07, 6.45) is 6.79. The van der Waals surface area contributed by atoms with Crippen molar-refractivity contribution in [2.45, 2.75) is 32.1 Å². The van der Waals surface area contributed by atoms with Crippen molar-refractivity contribution in [3.8, 4) is 0 Å². The second kappa shape index (κ2) is 6.97. The fraction of sp³-hybridized carbons (Fsp3) is 0.923. The second-order valence-electron chi connectivity index (χ2n) is 5.13. The third-order valence-corrected chi connectivity index (χ3v) is 3.80. The van der Waals surface area contributed by atoms with Crippen molar-refractivity contribution in [1.29, 1.82) is 0 Å². The van der Waals surface area contributed by atoms with Crippen LogP contribution in [-0.2, 0) is 9.53 Å². The van der Waals surface area contributed by atoms with Crippen molar-refractivity contribution in [1.82, 2.24) is 10.2 Å². The summed E-state index contributed by atoms with van der Waals surface area (Å²) in [6, 6.07) is 0. The smallest absolute Gasteiger partial charge is 0.236 e. The van der Waals surface area contributed by atoms with Crippen LogP contribution in [0, 0.1) is 5.92 Å². The molecule has 0 aromatic heterocycles. The number of carbonyl (C=O) groups is 1. The summed E-state index contributed by atoms with van der Waals surface area (Å²) >= 11 is 0. The van der Waals surface area contributed by atoms with Crippen LogP contribution in [0.15, 0.2) is 0 Å². The van der Waals surface area contributed by atoms with Crippen LogP contribution < -0.4 is 5.32 Å². The molecule has 4 nitrogen and oxygen atoms in total. The Morgan fingerprint density at radius 1 is 1.18 bits per heavy atom. The highest BCUT2D eigenvalue weighted by atomic mass is 16.5. The summed E-state index contributed by atoms with van der Waals surface area (Å²) in [5, 5.41) is 3.32. The molecule has 17 heavy (non-hydrogen) atoms. The molecule has 0 aromatic rings. The minimum Gasteiger partial charge on any atom is -0.378 e. The zero-order chi connectivity index (χ0) is 11.9. The van der Waals surface area contributed by atoms with E-state index in [9.17, 15) is 4.79 Å². The van der Waals surface area contributed by atoms with Gasteiger partial charge in [-0.15, -0.1) is 0 Å². The summed E-state index contributed by atoms with van der Waals surface area (Å²) in [7, 11) is 0. The summed E-state index contributed by atoms with van der Waals surface area (Å²) in [6.45, 7) is 4.39. The first-order valence-electron chi connectivity index (χ1n) is 6.92. The first-order valence-corrected chi connectivity index (χ1v) is 6.92. The topological polar surface area (TPSA) is 41.6 Å². The summed E-state index contributed by atoms with van der Waals surface area (Å²) in [5.41, 5.74) is 0. The second-order valence-corrected chi connectivity index (χ2v) is 5.13. The third kappa shape index (κ3) is 4.28. The van der Waals surface area contributed by atoms with E-state index < -0.39 is 0 Å². The molecule has 2 rings (SSSR count). The Morgan fingerprint density at radius 3 is 2.59 bits per heavy atom. The number of carbonyl (C=O) groups excluding carboxylic acids is 1. The minimum atomic E-state index is 0.226. The van der Waals surface area contributed by atoms with E-state index in [1.807, 2.05) is 4.90 Å². The lowest BCUT2D eigenvalue weighted by Crippen LogP contribution is -2.45. The standard InChI is InChI=1S/C13H24N2O2/c16-13(15-6-8-17-9-7-15)11-14-10-12-4-2-1-3-5-12/h12,14H,1-11H2. The predicted molar refractivity (Wildman–Crippen MR) is 66.8 cm³/mol. The van der Waals surface area contributed by atoms with Gasteiger partial charge in [0.15, 0.2) is 0 Å². The van der Waals surface area contributed by atoms with E-state index in [1.54, 1.807) is 0 Å². The molecule has 1 amide bonds. The number of morpholine rings is 1. The highest BCUT2D eigenvalue weighted by Gasteiger charge is 2.17. The highest BCUT2D eigenvalue weighted by Crippen LogP contribution is 2.22. The molecule has 1 aliphatic heterocycles. The molecule has 0 bridgehead atoms. The maximum absolute atomic E-state index is 11.8. The zero-order valence-electron chi connectivity index (χ0n) is 10.6. The van der Waals surface area contributed by atoms with E-state index in [1.165, 1.54) is 32.1 Å². The average Bonchev–Trinajstić information content (AvgIpc) is 2.41. The van der Waals surface area contributed by atoms with Crippen molar-refractivity contribution < 1.29 is 9.53 Å². The van der Waals surface area contributed by atoms with Gasteiger partial charge in [-0.3, -0.25) is 4.79 Å². The summed E-state index contributed by atoms with van der Waals surface area (Å²) < 4.78 is 5.24. The Morgan fingerprint density at radius 2 is 1.88 bits per heavy atom. The Kier molecular flexibility index (Phi) is 5.26. The first kappa shape index (κ1) is 12.8. The monoisotopic (exact) mass is 240 g/mol. The molecular weight excluding hydrogens is 216 g/mol. The molecule has 98 valence electrons. The molecule has 1 heterocycles. The summed E-state index contributed by atoms with van der Waals surface area (Å²) in [4.78, 5) is 13.7. The molecule has 1 aliphatic carbocycles. The van der Waals surface area contributed by atoms with E-state index >= 15 is 0 Å². The van der Waals surface area contributed by atoms with Crippen molar-refractivity contribution in [3.05, 3.63) is 0 Å². The lowest BCUT2D eigenvalue weighted by Gasteiger charge is -2.27. The van der Waals surface area contributed by atoms with Gasteiger partial charge in [0, 0.05) is 13.1 Å². The van der Waals surface area contributed by atoms with Gasteiger partial charge in [-0.2, -0.15) is 0 Å². The molecular formula is C13H24N2O2. The molecule has 0 aromatic carbocycles. The molecule has 1 N–H and O–H groups in total. The van der Waals surface area contributed by atoms with E-state index in [2.05, 4.69) is 5.32 Å². The number of nitrogens with one attached hydrogen (secondary N) is 1. The number of hydrogen-bond acceptors (Lipinski definition) is 3. The quantitative estimate of drug-likeness (QED) is 0.797. The van der Waals surface area contributed by atoms with Crippen LogP contribution in [0.25, 0.3) is 0 Å². The van der Waals surface area contributed by atoms with Crippen molar-refractivity contribution in [2.24, 2.45) is 5.92 Å². The average molecular weight is 240 g/mol. The van der Waals surface area contributed by atoms with E-state index in [4.69, 9.17) is 4.74 Å². The zero-order valence-corrected chi connectivity index (χ0v) is 10.6.